The standard InChI is InChI=1S/C20H21N3O3/c1-12-9-14(5-6-16(12)23-20(24)21-3)26-18-7-8-22-17-11-19(25-4)13(2)10-15(17)18/h5-11H,1-4H3,(H2,21,23,24). The van der Waals surface area contributed by atoms with E-state index in [0.717, 1.165) is 33.5 Å². The number of hydrogen-bond donors (Lipinski definition) is 2. The van der Waals surface area contributed by atoms with E-state index < -0.39 is 0 Å². The number of methoxy groups -OCH3 is 1. The summed E-state index contributed by atoms with van der Waals surface area (Å²) < 4.78 is 11.4. The van der Waals surface area contributed by atoms with Gasteiger partial charge in [-0.05, 0) is 55.3 Å². The Labute approximate surface area is 152 Å². The van der Waals surface area contributed by atoms with Gasteiger partial charge in [0.2, 0.25) is 0 Å². The fraction of sp³-hybridized carbons (Fsp3) is 0.200. The van der Waals surface area contributed by atoms with E-state index in [0.29, 0.717) is 11.5 Å². The van der Waals surface area contributed by atoms with Crippen molar-refractivity contribution in [2.24, 2.45) is 0 Å². The number of nitrogens with one attached hydrogen (secondary N) is 2. The summed E-state index contributed by atoms with van der Waals surface area (Å²) in [7, 11) is 3.22. The van der Waals surface area contributed by atoms with Crippen LogP contribution in [0.1, 0.15) is 11.1 Å². The predicted molar refractivity (Wildman–Crippen MR) is 102 cm³/mol. The van der Waals surface area contributed by atoms with Crippen molar-refractivity contribution in [2.45, 2.75) is 13.8 Å². The van der Waals surface area contributed by atoms with Crippen LogP contribution in [0.2, 0.25) is 0 Å². The Morgan fingerprint density at radius 1 is 1.04 bits per heavy atom. The number of nitrogens with zero attached hydrogens (tertiary/aromatic N) is 1. The highest BCUT2D eigenvalue weighted by Gasteiger charge is 2.10. The summed E-state index contributed by atoms with van der Waals surface area (Å²) >= 11 is 0. The lowest BCUT2D eigenvalue weighted by atomic mass is 10.1. The van der Waals surface area contributed by atoms with Gasteiger partial charge in [0.05, 0.1) is 12.6 Å². The third-order valence-corrected chi connectivity index (χ3v) is 4.12. The molecule has 2 N–H and O–H groups in total. The van der Waals surface area contributed by atoms with E-state index in [4.69, 9.17) is 9.47 Å². The number of ether oxygens (including phenoxy) is 2. The average molecular weight is 351 g/mol. The van der Waals surface area contributed by atoms with Crippen LogP contribution < -0.4 is 20.1 Å². The molecule has 3 aromatic rings. The topological polar surface area (TPSA) is 72.5 Å². The van der Waals surface area contributed by atoms with E-state index in [1.54, 1.807) is 20.4 Å². The number of rotatable bonds is 4. The Kier molecular flexibility index (Phi) is 4.93. The highest BCUT2D eigenvalue weighted by atomic mass is 16.5. The van der Waals surface area contributed by atoms with Crippen molar-refractivity contribution in [2.75, 3.05) is 19.5 Å². The molecule has 1 aromatic heterocycles. The Morgan fingerprint density at radius 3 is 2.54 bits per heavy atom. The van der Waals surface area contributed by atoms with Crippen LogP contribution in [0.5, 0.6) is 17.2 Å². The fourth-order valence-electron chi connectivity index (χ4n) is 2.72. The van der Waals surface area contributed by atoms with E-state index in [9.17, 15) is 4.79 Å². The third kappa shape index (κ3) is 3.54. The van der Waals surface area contributed by atoms with Gasteiger partial charge in [-0.25, -0.2) is 4.79 Å². The number of pyridine rings is 1. The van der Waals surface area contributed by atoms with Crippen LogP contribution in [-0.4, -0.2) is 25.2 Å². The van der Waals surface area contributed by atoms with Gasteiger partial charge in [0.15, 0.2) is 0 Å². The highest BCUT2D eigenvalue weighted by molar-refractivity contribution is 5.90. The summed E-state index contributed by atoms with van der Waals surface area (Å²) in [6.07, 6.45) is 1.71. The van der Waals surface area contributed by atoms with Crippen LogP contribution in [0, 0.1) is 13.8 Å². The monoisotopic (exact) mass is 351 g/mol. The number of hydrogen-bond acceptors (Lipinski definition) is 4. The lowest BCUT2D eigenvalue weighted by Crippen LogP contribution is -2.24. The van der Waals surface area contributed by atoms with Crippen LogP contribution in [0.4, 0.5) is 10.5 Å². The first-order valence-corrected chi connectivity index (χ1v) is 8.22. The molecule has 134 valence electrons. The van der Waals surface area contributed by atoms with Crippen LogP contribution in [0.25, 0.3) is 10.9 Å². The third-order valence-electron chi connectivity index (χ3n) is 4.12. The molecule has 0 unspecified atom stereocenters. The lowest BCUT2D eigenvalue weighted by Gasteiger charge is -2.13. The first-order valence-electron chi connectivity index (χ1n) is 8.22. The number of urea groups is 1. The van der Waals surface area contributed by atoms with Gasteiger partial charge in [0.1, 0.15) is 17.2 Å². The fourth-order valence-corrected chi connectivity index (χ4v) is 2.72. The zero-order chi connectivity index (χ0) is 18.7. The molecule has 0 aliphatic heterocycles. The van der Waals surface area contributed by atoms with Crippen molar-refractivity contribution in [1.82, 2.24) is 10.3 Å². The molecule has 3 rings (SSSR count). The molecular formula is C20H21N3O3. The summed E-state index contributed by atoms with van der Waals surface area (Å²) in [4.78, 5) is 15.9. The number of fused-ring (bicyclic) bond motifs is 1. The van der Waals surface area contributed by atoms with Gasteiger partial charge in [-0.15, -0.1) is 0 Å². The van der Waals surface area contributed by atoms with Gasteiger partial charge in [-0.1, -0.05) is 0 Å². The minimum atomic E-state index is -0.258. The number of aryl methyl sites for hydroxylation is 2. The minimum absolute atomic E-state index is 0.258. The Bertz CT molecular complexity index is 970. The first-order chi connectivity index (χ1) is 12.5. The molecule has 0 aliphatic rings. The molecule has 0 saturated heterocycles. The molecule has 6 nitrogen and oxygen atoms in total. The maximum absolute atomic E-state index is 11.5. The van der Waals surface area contributed by atoms with Crippen LogP contribution in [-0.2, 0) is 0 Å². The summed E-state index contributed by atoms with van der Waals surface area (Å²) in [5.41, 5.74) is 3.46. The highest BCUT2D eigenvalue weighted by Crippen LogP contribution is 2.33. The smallest absolute Gasteiger partial charge is 0.318 e. The van der Waals surface area contributed by atoms with E-state index >= 15 is 0 Å². The second-order valence-electron chi connectivity index (χ2n) is 5.93. The maximum Gasteiger partial charge on any atom is 0.318 e. The number of aromatic nitrogens is 1. The van der Waals surface area contributed by atoms with Gasteiger partial charge in [0.25, 0.3) is 0 Å². The van der Waals surface area contributed by atoms with E-state index in [-0.39, 0.29) is 6.03 Å². The Balaban J connectivity index is 1.93. The largest absolute Gasteiger partial charge is 0.496 e. The normalized spacial score (nSPS) is 10.5. The molecule has 0 fully saturated rings. The molecular weight excluding hydrogens is 330 g/mol. The van der Waals surface area contributed by atoms with E-state index in [1.165, 1.54) is 0 Å². The van der Waals surface area contributed by atoms with Crippen molar-refractivity contribution in [1.29, 1.82) is 0 Å². The molecule has 26 heavy (non-hydrogen) atoms. The Morgan fingerprint density at radius 2 is 1.85 bits per heavy atom. The van der Waals surface area contributed by atoms with Crippen LogP contribution in [0.15, 0.2) is 42.6 Å². The summed E-state index contributed by atoms with van der Waals surface area (Å²) in [5, 5.41) is 6.22. The van der Waals surface area contributed by atoms with Crippen molar-refractivity contribution in [3.8, 4) is 17.2 Å². The number of anilines is 1. The zero-order valence-electron chi connectivity index (χ0n) is 15.2. The maximum atomic E-state index is 11.5. The number of benzene rings is 2. The molecule has 6 heteroatoms. The van der Waals surface area contributed by atoms with Gasteiger partial charge in [-0.2, -0.15) is 0 Å². The average Bonchev–Trinajstić information content (AvgIpc) is 2.64. The molecule has 0 spiro atoms. The van der Waals surface area contributed by atoms with Crippen molar-refractivity contribution < 1.29 is 14.3 Å². The second-order valence-corrected chi connectivity index (χ2v) is 5.93. The lowest BCUT2D eigenvalue weighted by molar-refractivity contribution is 0.254. The summed E-state index contributed by atoms with van der Waals surface area (Å²) in [5.74, 6) is 2.20. The number of carbonyl (C=O) groups is 1. The zero-order valence-corrected chi connectivity index (χ0v) is 15.2. The molecule has 1 heterocycles. The number of amides is 2. The molecule has 0 radical (unpaired) electrons. The Hall–Kier alpha value is -3.28. The molecule has 2 amide bonds. The van der Waals surface area contributed by atoms with Gasteiger partial charge in [-0.3, -0.25) is 4.98 Å². The molecule has 0 saturated carbocycles. The van der Waals surface area contributed by atoms with E-state index in [1.807, 2.05) is 50.2 Å². The molecule has 0 atom stereocenters. The van der Waals surface area contributed by atoms with Crippen molar-refractivity contribution in [3.05, 3.63) is 53.7 Å². The summed E-state index contributed by atoms with van der Waals surface area (Å²) in [6.45, 7) is 3.90. The second kappa shape index (κ2) is 7.31. The van der Waals surface area contributed by atoms with Crippen molar-refractivity contribution in [3.63, 3.8) is 0 Å². The molecule has 0 aliphatic carbocycles. The molecule has 2 aromatic carbocycles. The molecule has 0 bridgehead atoms. The van der Waals surface area contributed by atoms with Gasteiger partial charge < -0.3 is 20.1 Å². The number of carbonyl (C=O) groups excluding carboxylic acids is 1. The van der Waals surface area contributed by atoms with Crippen molar-refractivity contribution >= 4 is 22.6 Å². The van der Waals surface area contributed by atoms with Crippen LogP contribution >= 0.6 is 0 Å². The van der Waals surface area contributed by atoms with E-state index in [2.05, 4.69) is 15.6 Å². The predicted octanol–water partition coefficient (Wildman–Crippen LogP) is 4.40. The quantitative estimate of drug-likeness (QED) is 0.730. The van der Waals surface area contributed by atoms with Gasteiger partial charge >= 0.3 is 6.03 Å². The summed E-state index contributed by atoms with van der Waals surface area (Å²) in [6, 6.07) is 11.0. The minimum Gasteiger partial charge on any atom is -0.496 e. The van der Waals surface area contributed by atoms with Crippen LogP contribution in [0.3, 0.4) is 0 Å². The van der Waals surface area contributed by atoms with Gasteiger partial charge in [0, 0.05) is 30.4 Å². The first kappa shape index (κ1) is 17.5. The SMILES string of the molecule is CNC(=O)Nc1ccc(Oc2ccnc3cc(OC)c(C)cc23)cc1C.